The van der Waals surface area contributed by atoms with E-state index in [9.17, 15) is 4.79 Å². The highest BCUT2D eigenvalue weighted by Crippen LogP contribution is 2.29. The molecule has 0 unspecified atom stereocenters. The smallest absolute Gasteiger partial charge is 0.149 e. The van der Waals surface area contributed by atoms with Gasteiger partial charge in [0.25, 0.3) is 0 Å². The van der Waals surface area contributed by atoms with Crippen LogP contribution in [0.1, 0.15) is 18.4 Å². The third-order valence-corrected chi connectivity index (χ3v) is 3.22. The zero-order valence-electron chi connectivity index (χ0n) is 8.40. The van der Waals surface area contributed by atoms with Crippen molar-refractivity contribution in [2.75, 3.05) is 13.6 Å². The van der Waals surface area contributed by atoms with Crippen molar-refractivity contribution < 1.29 is 4.79 Å². The van der Waals surface area contributed by atoms with Crippen LogP contribution in [0.4, 0.5) is 0 Å². The summed E-state index contributed by atoms with van der Waals surface area (Å²) in [6.07, 6.45) is 2.23. The second-order valence-corrected chi connectivity index (χ2v) is 4.82. The first-order chi connectivity index (χ1) is 6.75. The van der Waals surface area contributed by atoms with Crippen LogP contribution in [-0.2, 0) is 11.3 Å². The van der Waals surface area contributed by atoms with Crippen molar-refractivity contribution in [2.45, 2.75) is 19.4 Å². The normalized spacial score (nSPS) is 16.1. The number of rotatable bonds is 5. The molecule has 0 bridgehead atoms. The zero-order chi connectivity index (χ0) is 9.97. The highest BCUT2D eigenvalue weighted by molar-refractivity contribution is 7.07. The van der Waals surface area contributed by atoms with Crippen LogP contribution in [0.15, 0.2) is 16.8 Å². The molecule has 1 fully saturated rings. The summed E-state index contributed by atoms with van der Waals surface area (Å²) in [6.45, 7) is 1.50. The molecule has 0 aromatic carbocycles. The van der Waals surface area contributed by atoms with E-state index in [0.29, 0.717) is 18.2 Å². The van der Waals surface area contributed by atoms with Gasteiger partial charge in [-0.05, 0) is 42.3 Å². The Labute approximate surface area is 88.5 Å². The predicted octanol–water partition coefficient (Wildman–Crippen LogP) is 2.16. The van der Waals surface area contributed by atoms with E-state index in [1.807, 2.05) is 7.05 Å². The minimum absolute atomic E-state index is 0.389. The Morgan fingerprint density at radius 3 is 3.00 bits per heavy atom. The standard InChI is InChI=1S/C11H15NOS/c1-12(6-9-4-5-14-8-9)7-11(13)10-2-3-10/h4-5,8,10H,2-3,6-7H2,1H3. The third-order valence-electron chi connectivity index (χ3n) is 2.49. The summed E-state index contributed by atoms with van der Waals surface area (Å²) in [5.74, 6) is 0.808. The number of carbonyl (C=O) groups excluding carboxylic acids is 1. The van der Waals surface area contributed by atoms with Crippen LogP contribution in [-0.4, -0.2) is 24.3 Å². The maximum Gasteiger partial charge on any atom is 0.149 e. The first kappa shape index (κ1) is 9.87. The molecule has 1 aliphatic rings. The van der Waals surface area contributed by atoms with Crippen LogP contribution in [0.5, 0.6) is 0 Å². The molecule has 0 N–H and O–H groups in total. The highest BCUT2D eigenvalue weighted by Gasteiger charge is 2.29. The van der Waals surface area contributed by atoms with Gasteiger partial charge in [0.2, 0.25) is 0 Å². The average Bonchev–Trinajstić information content (AvgIpc) is 2.87. The molecule has 14 heavy (non-hydrogen) atoms. The Kier molecular flexibility index (Phi) is 2.99. The van der Waals surface area contributed by atoms with Gasteiger partial charge >= 0.3 is 0 Å². The lowest BCUT2D eigenvalue weighted by Crippen LogP contribution is -2.26. The molecule has 1 aromatic rings. The van der Waals surface area contributed by atoms with Crippen molar-refractivity contribution in [3.63, 3.8) is 0 Å². The van der Waals surface area contributed by atoms with Crippen molar-refractivity contribution in [1.82, 2.24) is 4.90 Å². The SMILES string of the molecule is CN(CC(=O)C1CC1)Cc1ccsc1. The molecule has 2 nitrogen and oxygen atoms in total. The molecule has 0 spiro atoms. The molecule has 76 valence electrons. The van der Waals surface area contributed by atoms with Gasteiger partial charge in [-0.25, -0.2) is 0 Å². The van der Waals surface area contributed by atoms with Crippen LogP contribution in [0.25, 0.3) is 0 Å². The van der Waals surface area contributed by atoms with E-state index in [1.165, 1.54) is 5.56 Å². The molecule has 1 saturated carbocycles. The quantitative estimate of drug-likeness (QED) is 0.740. The molecule has 1 aliphatic carbocycles. The maximum atomic E-state index is 11.5. The molecule has 0 amide bonds. The minimum atomic E-state index is 0.389. The molecule has 1 heterocycles. The van der Waals surface area contributed by atoms with Crippen LogP contribution < -0.4 is 0 Å². The van der Waals surface area contributed by atoms with Crippen LogP contribution in [0.3, 0.4) is 0 Å². The Balaban J connectivity index is 1.78. The Bertz CT molecular complexity index is 303. The molecule has 0 atom stereocenters. The number of ketones is 1. The summed E-state index contributed by atoms with van der Waals surface area (Å²) in [7, 11) is 2.01. The summed E-state index contributed by atoms with van der Waals surface area (Å²) in [4.78, 5) is 13.6. The number of hydrogen-bond donors (Lipinski definition) is 0. The lowest BCUT2D eigenvalue weighted by atomic mass is 10.2. The zero-order valence-corrected chi connectivity index (χ0v) is 9.22. The van der Waals surface area contributed by atoms with Crippen molar-refractivity contribution in [2.24, 2.45) is 5.92 Å². The van der Waals surface area contributed by atoms with Gasteiger partial charge in [0.05, 0.1) is 6.54 Å². The fourth-order valence-corrected chi connectivity index (χ4v) is 2.21. The minimum Gasteiger partial charge on any atom is -0.298 e. The monoisotopic (exact) mass is 209 g/mol. The molecule has 1 aromatic heterocycles. The van der Waals surface area contributed by atoms with E-state index < -0.39 is 0 Å². The van der Waals surface area contributed by atoms with Gasteiger partial charge in [-0.15, -0.1) is 0 Å². The molecule has 0 radical (unpaired) electrons. The largest absolute Gasteiger partial charge is 0.298 e. The van der Waals surface area contributed by atoms with E-state index in [-0.39, 0.29) is 0 Å². The average molecular weight is 209 g/mol. The Morgan fingerprint density at radius 2 is 2.43 bits per heavy atom. The van der Waals surface area contributed by atoms with Gasteiger partial charge in [0.1, 0.15) is 5.78 Å². The van der Waals surface area contributed by atoms with Gasteiger partial charge in [-0.1, -0.05) is 0 Å². The molecule has 0 aliphatic heterocycles. The topological polar surface area (TPSA) is 20.3 Å². The van der Waals surface area contributed by atoms with E-state index in [1.54, 1.807) is 11.3 Å². The van der Waals surface area contributed by atoms with Gasteiger partial charge in [0.15, 0.2) is 0 Å². The summed E-state index contributed by atoms with van der Waals surface area (Å²) in [5, 5.41) is 4.21. The van der Waals surface area contributed by atoms with E-state index in [2.05, 4.69) is 21.7 Å². The summed E-state index contributed by atoms with van der Waals surface area (Å²) >= 11 is 1.71. The van der Waals surface area contributed by atoms with Gasteiger partial charge in [-0.2, -0.15) is 11.3 Å². The Hall–Kier alpha value is -0.670. The summed E-state index contributed by atoms with van der Waals surface area (Å²) in [6, 6.07) is 2.11. The lowest BCUT2D eigenvalue weighted by molar-refractivity contribution is -0.121. The van der Waals surface area contributed by atoms with E-state index in [0.717, 1.165) is 19.4 Å². The van der Waals surface area contributed by atoms with Crippen LogP contribution in [0.2, 0.25) is 0 Å². The number of likely N-dealkylation sites (N-methyl/N-ethyl adjacent to an activating group) is 1. The van der Waals surface area contributed by atoms with Crippen molar-refractivity contribution >= 4 is 17.1 Å². The number of Topliss-reactive ketones (excluding diaryl/α,β-unsaturated/α-hetero) is 1. The van der Waals surface area contributed by atoms with Crippen molar-refractivity contribution in [3.05, 3.63) is 22.4 Å². The first-order valence-electron chi connectivity index (χ1n) is 4.98. The summed E-state index contributed by atoms with van der Waals surface area (Å²) in [5.41, 5.74) is 1.31. The molecule has 3 heteroatoms. The highest BCUT2D eigenvalue weighted by atomic mass is 32.1. The predicted molar refractivity (Wildman–Crippen MR) is 58.4 cm³/mol. The first-order valence-corrected chi connectivity index (χ1v) is 5.92. The van der Waals surface area contributed by atoms with Crippen LogP contribution in [0, 0.1) is 5.92 Å². The lowest BCUT2D eigenvalue weighted by Gasteiger charge is -2.14. The number of thiophene rings is 1. The molecule has 0 saturated heterocycles. The van der Waals surface area contributed by atoms with E-state index in [4.69, 9.17) is 0 Å². The maximum absolute atomic E-state index is 11.5. The number of nitrogens with zero attached hydrogens (tertiary/aromatic N) is 1. The van der Waals surface area contributed by atoms with Gasteiger partial charge < -0.3 is 0 Å². The third kappa shape index (κ3) is 2.66. The second kappa shape index (κ2) is 4.24. The molecular formula is C11H15NOS. The van der Waals surface area contributed by atoms with Gasteiger partial charge in [-0.3, -0.25) is 9.69 Å². The second-order valence-electron chi connectivity index (χ2n) is 4.04. The summed E-state index contributed by atoms with van der Waals surface area (Å²) < 4.78 is 0. The molecular weight excluding hydrogens is 194 g/mol. The number of hydrogen-bond acceptors (Lipinski definition) is 3. The van der Waals surface area contributed by atoms with E-state index >= 15 is 0 Å². The van der Waals surface area contributed by atoms with Crippen molar-refractivity contribution in [1.29, 1.82) is 0 Å². The van der Waals surface area contributed by atoms with Crippen molar-refractivity contribution in [3.8, 4) is 0 Å². The number of carbonyl (C=O) groups is 1. The molecule has 2 rings (SSSR count). The van der Waals surface area contributed by atoms with Gasteiger partial charge in [0, 0.05) is 12.5 Å². The fraction of sp³-hybridized carbons (Fsp3) is 0.545. The fourth-order valence-electron chi connectivity index (χ4n) is 1.55. The Morgan fingerprint density at radius 1 is 1.64 bits per heavy atom. The van der Waals surface area contributed by atoms with Crippen LogP contribution >= 0.6 is 11.3 Å².